The first-order valence-electron chi connectivity index (χ1n) is 15.2. The van der Waals surface area contributed by atoms with Gasteiger partial charge in [-0.3, -0.25) is 9.59 Å². The lowest BCUT2D eigenvalue weighted by Crippen LogP contribution is -2.44. The normalized spacial score (nSPS) is 20.7. The van der Waals surface area contributed by atoms with E-state index in [2.05, 4.69) is 24.1 Å². The summed E-state index contributed by atoms with van der Waals surface area (Å²) in [4.78, 5) is 42.8. The Labute approximate surface area is 258 Å². The van der Waals surface area contributed by atoms with Gasteiger partial charge in [-0.25, -0.2) is 14.2 Å². The number of aromatic nitrogens is 1. The Morgan fingerprint density at radius 1 is 1.11 bits per heavy atom. The molecule has 0 bridgehead atoms. The lowest BCUT2D eigenvalue weighted by molar-refractivity contribution is -0.155. The van der Waals surface area contributed by atoms with Crippen LogP contribution in [-0.2, 0) is 30.2 Å². The number of cyclic esters (lactones) is 1. The van der Waals surface area contributed by atoms with Crippen molar-refractivity contribution in [3.05, 3.63) is 53.6 Å². The van der Waals surface area contributed by atoms with Gasteiger partial charge in [0.25, 0.3) is 5.91 Å². The van der Waals surface area contributed by atoms with Crippen LogP contribution in [0.25, 0.3) is 0 Å². The van der Waals surface area contributed by atoms with Gasteiger partial charge in [0.15, 0.2) is 17.2 Å². The Bertz CT molecular complexity index is 1240. The van der Waals surface area contributed by atoms with E-state index in [1.165, 1.54) is 31.5 Å². The van der Waals surface area contributed by atoms with E-state index in [0.29, 0.717) is 18.8 Å². The fourth-order valence-electron chi connectivity index (χ4n) is 5.00. The first kappa shape index (κ1) is 34.8. The molecule has 0 saturated carbocycles. The predicted molar refractivity (Wildman–Crippen MR) is 161 cm³/mol. The predicted octanol–water partition coefficient (Wildman–Crippen LogP) is 5.27. The zero-order chi connectivity index (χ0) is 32.2. The molecule has 1 fully saturated rings. The van der Waals surface area contributed by atoms with Gasteiger partial charge in [0.2, 0.25) is 6.79 Å². The largest absolute Gasteiger partial charge is 0.493 e. The summed E-state index contributed by atoms with van der Waals surface area (Å²) in [7, 11) is 1.40. The molecule has 1 aromatic heterocycles. The SMILES string of the molecule is COc1ccnc(C(=O)N[C@H]2CCO[C@H](CCc3ccc(F)cc3)[C@@H](CCC(C)C)[C@H](C)OC2=O)c1OCOC(=O)C(C)C. The monoisotopic (exact) mass is 616 g/mol. The number of esters is 2. The third-order valence-electron chi connectivity index (χ3n) is 7.60. The van der Waals surface area contributed by atoms with Gasteiger partial charge in [-0.05, 0) is 49.8 Å². The number of aryl methyl sites for hydroxylation is 1. The molecule has 0 radical (unpaired) electrons. The summed E-state index contributed by atoms with van der Waals surface area (Å²) in [6, 6.07) is 6.91. The van der Waals surface area contributed by atoms with Crippen LogP contribution in [-0.4, -0.2) is 61.6 Å². The number of amides is 1. The van der Waals surface area contributed by atoms with E-state index in [1.54, 1.807) is 26.0 Å². The van der Waals surface area contributed by atoms with Crippen LogP contribution in [0.3, 0.4) is 0 Å². The molecule has 1 aliphatic rings. The van der Waals surface area contributed by atoms with Gasteiger partial charge < -0.3 is 29.0 Å². The maximum atomic E-state index is 13.4. The minimum Gasteiger partial charge on any atom is -0.493 e. The Hall–Kier alpha value is -3.73. The zero-order valence-corrected chi connectivity index (χ0v) is 26.5. The smallest absolute Gasteiger partial charge is 0.329 e. The first-order chi connectivity index (χ1) is 21.0. The number of hydrogen-bond acceptors (Lipinski definition) is 9. The number of methoxy groups -OCH3 is 1. The van der Waals surface area contributed by atoms with Crippen molar-refractivity contribution in [2.75, 3.05) is 20.5 Å². The van der Waals surface area contributed by atoms with Crippen molar-refractivity contribution in [1.82, 2.24) is 10.3 Å². The van der Waals surface area contributed by atoms with Crippen LogP contribution in [0.15, 0.2) is 36.5 Å². The second-order valence-electron chi connectivity index (χ2n) is 11.7. The van der Waals surface area contributed by atoms with Gasteiger partial charge in [-0.1, -0.05) is 46.2 Å². The molecule has 0 aliphatic carbocycles. The summed E-state index contributed by atoms with van der Waals surface area (Å²) < 4.78 is 41.7. The number of carbonyl (C=O) groups excluding carboxylic acids is 3. The number of benzene rings is 1. The highest BCUT2D eigenvalue weighted by Gasteiger charge is 2.35. The van der Waals surface area contributed by atoms with Crippen LogP contribution < -0.4 is 14.8 Å². The van der Waals surface area contributed by atoms with E-state index < -0.39 is 36.8 Å². The van der Waals surface area contributed by atoms with Crippen LogP contribution in [0.5, 0.6) is 11.5 Å². The van der Waals surface area contributed by atoms with Crippen molar-refractivity contribution >= 4 is 17.8 Å². The highest BCUT2D eigenvalue weighted by Crippen LogP contribution is 2.31. The molecule has 4 atom stereocenters. The summed E-state index contributed by atoms with van der Waals surface area (Å²) in [5, 5.41) is 2.72. The summed E-state index contributed by atoms with van der Waals surface area (Å²) in [6.45, 7) is 9.27. The fourth-order valence-corrected chi connectivity index (χ4v) is 5.00. The molecule has 1 N–H and O–H groups in total. The molecular formula is C33H45FN2O8. The fraction of sp³-hybridized carbons (Fsp3) is 0.576. The number of nitrogens with one attached hydrogen (secondary N) is 1. The third kappa shape index (κ3) is 10.2. The summed E-state index contributed by atoms with van der Waals surface area (Å²) in [6.07, 6.45) is 3.95. The number of halogens is 1. The van der Waals surface area contributed by atoms with Gasteiger partial charge in [0, 0.05) is 31.2 Å². The summed E-state index contributed by atoms with van der Waals surface area (Å²) in [5.74, 6) is -1.80. The van der Waals surface area contributed by atoms with Gasteiger partial charge in [-0.2, -0.15) is 0 Å². The zero-order valence-electron chi connectivity index (χ0n) is 26.5. The first-order valence-corrected chi connectivity index (χ1v) is 15.2. The second-order valence-corrected chi connectivity index (χ2v) is 11.7. The van der Waals surface area contributed by atoms with Crippen molar-refractivity contribution < 1.29 is 42.5 Å². The average Bonchev–Trinajstić information content (AvgIpc) is 3.03. The summed E-state index contributed by atoms with van der Waals surface area (Å²) >= 11 is 0. The van der Waals surface area contributed by atoms with Crippen molar-refractivity contribution in [2.45, 2.75) is 85.0 Å². The molecule has 2 aromatic rings. The molecule has 1 aliphatic heterocycles. The minimum atomic E-state index is -1.01. The number of nitrogens with zero attached hydrogens (tertiary/aromatic N) is 1. The Morgan fingerprint density at radius 3 is 2.50 bits per heavy atom. The molecule has 10 nitrogen and oxygen atoms in total. The molecule has 3 rings (SSSR count). The number of carbonyl (C=O) groups is 3. The van der Waals surface area contributed by atoms with Crippen LogP contribution >= 0.6 is 0 Å². The molecule has 1 saturated heterocycles. The molecule has 242 valence electrons. The van der Waals surface area contributed by atoms with Crippen LogP contribution in [0.4, 0.5) is 4.39 Å². The second kappa shape index (κ2) is 16.9. The lowest BCUT2D eigenvalue weighted by Gasteiger charge is -2.31. The minimum absolute atomic E-state index is 0.0280. The maximum Gasteiger partial charge on any atom is 0.329 e. The van der Waals surface area contributed by atoms with E-state index in [1.807, 2.05) is 6.92 Å². The number of rotatable bonds is 13. The van der Waals surface area contributed by atoms with Gasteiger partial charge in [-0.15, -0.1) is 0 Å². The molecular weight excluding hydrogens is 571 g/mol. The maximum absolute atomic E-state index is 13.4. The number of pyridine rings is 1. The van der Waals surface area contributed by atoms with Crippen molar-refractivity contribution in [3.8, 4) is 11.5 Å². The number of hydrogen-bond donors (Lipinski definition) is 1. The van der Waals surface area contributed by atoms with E-state index in [4.69, 9.17) is 23.7 Å². The molecule has 0 spiro atoms. The van der Waals surface area contributed by atoms with E-state index in [9.17, 15) is 18.8 Å². The quantitative estimate of drug-likeness (QED) is 0.237. The number of ether oxygens (including phenoxy) is 5. The Morgan fingerprint density at radius 2 is 1.84 bits per heavy atom. The van der Waals surface area contributed by atoms with Crippen molar-refractivity contribution in [2.24, 2.45) is 17.8 Å². The molecule has 0 unspecified atom stereocenters. The van der Waals surface area contributed by atoms with E-state index in [0.717, 1.165) is 18.4 Å². The Kier molecular flexibility index (Phi) is 13.4. The molecule has 11 heteroatoms. The molecule has 1 aromatic carbocycles. The van der Waals surface area contributed by atoms with Gasteiger partial charge in [0.1, 0.15) is 18.0 Å². The molecule has 2 heterocycles. The van der Waals surface area contributed by atoms with Crippen LogP contribution in [0.1, 0.15) is 76.4 Å². The summed E-state index contributed by atoms with van der Waals surface area (Å²) in [5.41, 5.74) is 0.855. The molecule has 44 heavy (non-hydrogen) atoms. The lowest BCUT2D eigenvalue weighted by atomic mass is 9.86. The van der Waals surface area contributed by atoms with Gasteiger partial charge in [0.05, 0.1) is 19.1 Å². The van der Waals surface area contributed by atoms with Crippen LogP contribution in [0.2, 0.25) is 0 Å². The average molecular weight is 617 g/mol. The van der Waals surface area contributed by atoms with E-state index >= 15 is 0 Å². The van der Waals surface area contributed by atoms with E-state index in [-0.39, 0.29) is 54.0 Å². The standard InChI is InChI=1S/C33H45FN2O8/c1-20(2)7-13-25-22(5)44-33(39)26(16-18-41-27(25)14-10-23-8-11-24(34)12-9-23)36-31(37)29-30(28(40-6)15-17-35-29)42-19-43-32(38)21(3)4/h8-9,11-12,15,17,20-22,25-27H,7,10,13-14,16,18-19H2,1-6H3,(H,36,37)/t22-,25-,26-,27+/m0/s1. The van der Waals surface area contributed by atoms with Crippen molar-refractivity contribution in [1.29, 1.82) is 0 Å². The highest BCUT2D eigenvalue weighted by atomic mass is 19.1. The highest BCUT2D eigenvalue weighted by molar-refractivity contribution is 5.98. The molecule has 1 amide bonds. The van der Waals surface area contributed by atoms with Crippen LogP contribution in [0, 0.1) is 23.6 Å². The van der Waals surface area contributed by atoms with Gasteiger partial charge >= 0.3 is 11.9 Å². The Balaban J connectivity index is 1.75. The topological polar surface area (TPSA) is 122 Å². The van der Waals surface area contributed by atoms with Crippen molar-refractivity contribution in [3.63, 3.8) is 0 Å². The third-order valence-corrected chi connectivity index (χ3v) is 7.60.